The highest BCUT2D eigenvalue weighted by molar-refractivity contribution is 5.31. The Balaban J connectivity index is 2.31. The van der Waals surface area contributed by atoms with Crippen molar-refractivity contribution in [1.82, 2.24) is 10.3 Å². The van der Waals surface area contributed by atoms with Crippen LogP contribution in [0.1, 0.15) is 17.0 Å². The Morgan fingerprint density at radius 2 is 1.81 bits per heavy atom. The van der Waals surface area contributed by atoms with Crippen LogP contribution in [-0.2, 0) is 0 Å². The molecule has 0 aliphatic heterocycles. The van der Waals surface area contributed by atoms with Crippen molar-refractivity contribution < 1.29 is 0 Å². The van der Waals surface area contributed by atoms with Gasteiger partial charge in [0.25, 0.3) is 0 Å². The zero-order valence-electron chi connectivity index (χ0n) is 9.43. The van der Waals surface area contributed by atoms with Gasteiger partial charge in [-0.05, 0) is 24.2 Å². The molecule has 1 aromatic carbocycles. The van der Waals surface area contributed by atoms with Gasteiger partial charge in [-0.3, -0.25) is 4.98 Å². The van der Waals surface area contributed by atoms with Crippen molar-refractivity contribution in [3.05, 3.63) is 66.0 Å². The standard InChI is InChI=1S/C14H16N2/c1-15-11-14(12-6-3-2-4-7-12)13-8-5-9-16-10-13/h2-10,14-15H,11H2,1H3. The summed E-state index contributed by atoms with van der Waals surface area (Å²) in [4.78, 5) is 4.19. The summed E-state index contributed by atoms with van der Waals surface area (Å²) in [5, 5.41) is 3.24. The molecule has 0 amide bonds. The molecular weight excluding hydrogens is 196 g/mol. The number of aromatic nitrogens is 1. The third-order valence-corrected chi connectivity index (χ3v) is 2.70. The minimum absolute atomic E-state index is 0.375. The van der Waals surface area contributed by atoms with Crippen LogP contribution in [0.2, 0.25) is 0 Å². The van der Waals surface area contributed by atoms with Crippen LogP contribution in [0.5, 0.6) is 0 Å². The van der Waals surface area contributed by atoms with Crippen LogP contribution in [0.3, 0.4) is 0 Å². The Morgan fingerprint density at radius 1 is 1.06 bits per heavy atom. The van der Waals surface area contributed by atoms with Gasteiger partial charge in [0.15, 0.2) is 0 Å². The summed E-state index contributed by atoms with van der Waals surface area (Å²) >= 11 is 0. The van der Waals surface area contributed by atoms with Gasteiger partial charge in [-0.25, -0.2) is 0 Å². The Kier molecular flexibility index (Phi) is 3.67. The maximum Gasteiger partial charge on any atom is 0.0306 e. The summed E-state index contributed by atoms with van der Waals surface area (Å²) in [6.45, 7) is 0.926. The summed E-state index contributed by atoms with van der Waals surface area (Å²) in [7, 11) is 1.98. The van der Waals surface area contributed by atoms with Crippen molar-refractivity contribution in [2.45, 2.75) is 5.92 Å². The molecule has 0 saturated carbocycles. The fraction of sp³-hybridized carbons (Fsp3) is 0.214. The van der Waals surface area contributed by atoms with E-state index < -0.39 is 0 Å². The maximum absolute atomic E-state index is 4.19. The second-order valence-electron chi connectivity index (χ2n) is 3.81. The molecule has 0 fully saturated rings. The fourth-order valence-electron chi connectivity index (χ4n) is 1.90. The molecule has 1 unspecified atom stereocenters. The molecule has 2 rings (SSSR count). The highest BCUT2D eigenvalue weighted by Gasteiger charge is 2.12. The van der Waals surface area contributed by atoms with E-state index in [-0.39, 0.29) is 0 Å². The molecule has 2 aromatic rings. The van der Waals surface area contributed by atoms with Crippen molar-refractivity contribution >= 4 is 0 Å². The topological polar surface area (TPSA) is 24.9 Å². The summed E-state index contributed by atoms with van der Waals surface area (Å²) in [6, 6.07) is 14.6. The molecule has 1 heterocycles. The fourth-order valence-corrected chi connectivity index (χ4v) is 1.90. The van der Waals surface area contributed by atoms with Crippen molar-refractivity contribution in [1.29, 1.82) is 0 Å². The lowest BCUT2D eigenvalue weighted by Gasteiger charge is -2.16. The zero-order chi connectivity index (χ0) is 11.2. The molecular formula is C14H16N2. The summed E-state index contributed by atoms with van der Waals surface area (Å²) in [6.07, 6.45) is 3.75. The molecule has 2 heteroatoms. The molecule has 0 bridgehead atoms. The minimum atomic E-state index is 0.375. The first-order valence-electron chi connectivity index (χ1n) is 5.51. The van der Waals surface area contributed by atoms with Crippen LogP contribution in [0.15, 0.2) is 54.9 Å². The van der Waals surface area contributed by atoms with E-state index in [1.54, 1.807) is 0 Å². The number of likely N-dealkylation sites (N-methyl/N-ethyl adjacent to an activating group) is 1. The van der Waals surface area contributed by atoms with E-state index in [1.807, 2.05) is 31.6 Å². The van der Waals surface area contributed by atoms with E-state index in [2.05, 4.69) is 40.6 Å². The molecule has 16 heavy (non-hydrogen) atoms. The van der Waals surface area contributed by atoms with Crippen LogP contribution in [0.4, 0.5) is 0 Å². The van der Waals surface area contributed by atoms with Crippen molar-refractivity contribution in [3.8, 4) is 0 Å². The van der Waals surface area contributed by atoms with Crippen LogP contribution >= 0.6 is 0 Å². The number of benzene rings is 1. The first-order chi connectivity index (χ1) is 7.92. The monoisotopic (exact) mass is 212 g/mol. The van der Waals surface area contributed by atoms with Crippen LogP contribution < -0.4 is 5.32 Å². The Hall–Kier alpha value is -1.67. The number of nitrogens with zero attached hydrogens (tertiary/aromatic N) is 1. The predicted octanol–water partition coefficient (Wildman–Crippen LogP) is 2.43. The van der Waals surface area contributed by atoms with E-state index in [0.29, 0.717) is 5.92 Å². The van der Waals surface area contributed by atoms with E-state index in [9.17, 15) is 0 Å². The lowest BCUT2D eigenvalue weighted by atomic mass is 9.92. The number of pyridine rings is 1. The number of rotatable bonds is 4. The van der Waals surface area contributed by atoms with E-state index in [0.717, 1.165) is 6.54 Å². The van der Waals surface area contributed by atoms with Crippen LogP contribution in [-0.4, -0.2) is 18.6 Å². The first kappa shape index (κ1) is 10.8. The zero-order valence-corrected chi connectivity index (χ0v) is 9.43. The number of hydrogen-bond acceptors (Lipinski definition) is 2. The van der Waals surface area contributed by atoms with Crippen molar-refractivity contribution in [2.75, 3.05) is 13.6 Å². The summed E-state index contributed by atoms with van der Waals surface area (Å²) < 4.78 is 0. The Labute approximate surface area is 96.4 Å². The molecule has 1 atom stereocenters. The summed E-state index contributed by atoms with van der Waals surface area (Å²) in [5.41, 5.74) is 2.58. The number of hydrogen-bond donors (Lipinski definition) is 1. The van der Waals surface area contributed by atoms with E-state index in [1.165, 1.54) is 11.1 Å². The van der Waals surface area contributed by atoms with Gasteiger partial charge in [0.1, 0.15) is 0 Å². The highest BCUT2D eigenvalue weighted by Crippen LogP contribution is 2.22. The van der Waals surface area contributed by atoms with Gasteiger partial charge in [0.05, 0.1) is 0 Å². The van der Waals surface area contributed by atoms with Crippen molar-refractivity contribution in [2.24, 2.45) is 0 Å². The molecule has 1 aromatic heterocycles. The highest BCUT2D eigenvalue weighted by atomic mass is 14.8. The maximum atomic E-state index is 4.19. The van der Waals surface area contributed by atoms with Gasteiger partial charge >= 0.3 is 0 Å². The van der Waals surface area contributed by atoms with Gasteiger partial charge in [0, 0.05) is 24.9 Å². The number of nitrogens with one attached hydrogen (secondary N) is 1. The molecule has 1 N–H and O–H groups in total. The molecule has 0 saturated heterocycles. The third-order valence-electron chi connectivity index (χ3n) is 2.70. The molecule has 82 valence electrons. The smallest absolute Gasteiger partial charge is 0.0306 e. The van der Waals surface area contributed by atoms with Crippen molar-refractivity contribution in [3.63, 3.8) is 0 Å². The lowest BCUT2D eigenvalue weighted by Crippen LogP contribution is -2.18. The van der Waals surface area contributed by atoms with Crippen LogP contribution in [0, 0.1) is 0 Å². The van der Waals surface area contributed by atoms with Gasteiger partial charge in [0.2, 0.25) is 0 Å². The van der Waals surface area contributed by atoms with Gasteiger partial charge in [-0.15, -0.1) is 0 Å². The van der Waals surface area contributed by atoms with Gasteiger partial charge in [-0.2, -0.15) is 0 Å². The lowest BCUT2D eigenvalue weighted by molar-refractivity contribution is 0.706. The second kappa shape index (κ2) is 5.42. The van der Waals surface area contributed by atoms with Gasteiger partial charge in [-0.1, -0.05) is 36.4 Å². The molecule has 0 aliphatic carbocycles. The Morgan fingerprint density at radius 3 is 2.44 bits per heavy atom. The van der Waals surface area contributed by atoms with E-state index in [4.69, 9.17) is 0 Å². The normalized spacial score (nSPS) is 12.3. The first-order valence-corrected chi connectivity index (χ1v) is 5.51. The van der Waals surface area contributed by atoms with Crippen LogP contribution in [0.25, 0.3) is 0 Å². The Bertz CT molecular complexity index is 372. The molecule has 0 radical (unpaired) electrons. The SMILES string of the molecule is CNCC(c1ccccc1)c1cccnc1. The van der Waals surface area contributed by atoms with E-state index >= 15 is 0 Å². The van der Waals surface area contributed by atoms with Gasteiger partial charge < -0.3 is 5.32 Å². The summed E-state index contributed by atoms with van der Waals surface area (Å²) in [5.74, 6) is 0.375. The minimum Gasteiger partial charge on any atom is -0.319 e. The average Bonchev–Trinajstić information content (AvgIpc) is 2.38. The second-order valence-corrected chi connectivity index (χ2v) is 3.81. The quantitative estimate of drug-likeness (QED) is 0.842. The average molecular weight is 212 g/mol. The molecule has 0 aliphatic rings. The largest absolute Gasteiger partial charge is 0.319 e. The third kappa shape index (κ3) is 2.47. The molecule has 0 spiro atoms. The molecule has 2 nitrogen and oxygen atoms in total. The predicted molar refractivity (Wildman–Crippen MR) is 66.4 cm³/mol.